The third-order valence-electron chi connectivity index (χ3n) is 6.46. The molecule has 0 radical (unpaired) electrons. The third kappa shape index (κ3) is 7.33. The van der Waals surface area contributed by atoms with Gasteiger partial charge >= 0.3 is 6.11 Å². The molecular formula is C28H34F4O2. The van der Waals surface area contributed by atoms with E-state index in [0.717, 1.165) is 25.7 Å². The predicted molar refractivity (Wildman–Crippen MR) is 127 cm³/mol. The summed E-state index contributed by atoms with van der Waals surface area (Å²) >= 11 is 0. The second-order valence-electron chi connectivity index (χ2n) is 9.09. The highest BCUT2D eigenvalue weighted by atomic mass is 19.3. The first-order valence-electron chi connectivity index (χ1n) is 12.2. The van der Waals surface area contributed by atoms with E-state index in [1.54, 1.807) is 6.08 Å². The lowest BCUT2D eigenvalue weighted by molar-refractivity contribution is -0.222. The van der Waals surface area contributed by atoms with Gasteiger partial charge in [0.05, 0.1) is 6.10 Å². The number of benzene rings is 2. The Morgan fingerprint density at radius 2 is 1.71 bits per heavy atom. The summed E-state index contributed by atoms with van der Waals surface area (Å²) in [4.78, 5) is 0. The van der Waals surface area contributed by atoms with E-state index in [9.17, 15) is 17.6 Å². The Morgan fingerprint density at radius 1 is 1.00 bits per heavy atom. The highest BCUT2D eigenvalue weighted by Crippen LogP contribution is 2.32. The van der Waals surface area contributed by atoms with Crippen LogP contribution in [0.3, 0.4) is 0 Å². The monoisotopic (exact) mass is 478 g/mol. The minimum atomic E-state index is -3.48. The maximum absolute atomic E-state index is 14.5. The molecule has 2 aromatic carbocycles. The van der Waals surface area contributed by atoms with Gasteiger partial charge in [0, 0.05) is 5.56 Å². The van der Waals surface area contributed by atoms with Crippen molar-refractivity contribution in [3.8, 4) is 16.9 Å². The van der Waals surface area contributed by atoms with Gasteiger partial charge in [0.1, 0.15) is 5.75 Å². The van der Waals surface area contributed by atoms with Crippen molar-refractivity contribution in [2.24, 2.45) is 5.92 Å². The number of unbranched alkanes of at least 4 members (excludes halogenated alkanes) is 1. The Balaban J connectivity index is 1.54. The summed E-state index contributed by atoms with van der Waals surface area (Å²) in [5.41, 5.74) is 0.713. The van der Waals surface area contributed by atoms with Crippen LogP contribution in [0.25, 0.3) is 11.1 Å². The summed E-state index contributed by atoms with van der Waals surface area (Å²) in [6.07, 6.45) is 6.12. The molecule has 186 valence electrons. The number of halogens is 4. The van der Waals surface area contributed by atoms with E-state index in [0.29, 0.717) is 24.3 Å². The zero-order chi connectivity index (χ0) is 24.6. The Morgan fingerprint density at radius 3 is 2.35 bits per heavy atom. The van der Waals surface area contributed by atoms with E-state index in [-0.39, 0.29) is 23.0 Å². The van der Waals surface area contributed by atoms with Crippen LogP contribution in [0.2, 0.25) is 0 Å². The number of alkyl halides is 2. The van der Waals surface area contributed by atoms with Crippen LogP contribution < -0.4 is 4.74 Å². The molecule has 0 spiro atoms. The maximum atomic E-state index is 14.5. The molecule has 0 N–H and O–H groups in total. The number of hydrogen-bond donors (Lipinski definition) is 0. The van der Waals surface area contributed by atoms with Crippen molar-refractivity contribution in [1.82, 2.24) is 0 Å². The zero-order valence-electron chi connectivity index (χ0n) is 19.8. The molecule has 0 unspecified atom stereocenters. The summed E-state index contributed by atoms with van der Waals surface area (Å²) in [6, 6.07) is 8.54. The Labute approximate surface area is 200 Å². The maximum Gasteiger partial charge on any atom is 0.421 e. The van der Waals surface area contributed by atoms with Crippen LogP contribution in [-0.2, 0) is 11.2 Å². The lowest BCUT2D eigenvalue weighted by Crippen LogP contribution is -2.34. The van der Waals surface area contributed by atoms with Crippen LogP contribution in [0, 0.1) is 17.6 Å². The number of rotatable bonds is 12. The van der Waals surface area contributed by atoms with Crippen LogP contribution in [0.5, 0.6) is 5.75 Å². The van der Waals surface area contributed by atoms with Crippen LogP contribution in [0.4, 0.5) is 17.6 Å². The van der Waals surface area contributed by atoms with Crippen LogP contribution in [0.1, 0.15) is 63.9 Å². The van der Waals surface area contributed by atoms with Gasteiger partial charge in [-0.3, -0.25) is 0 Å². The Bertz CT molecular complexity index is 919. The lowest BCUT2D eigenvalue weighted by Gasteiger charge is -2.29. The smallest absolute Gasteiger partial charge is 0.421 e. The molecule has 6 heteroatoms. The molecule has 0 bridgehead atoms. The lowest BCUT2D eigenvalue weighted by atomic mass is 9.84. The van der Waals surface area contributed by atoms with Gasteiger partial charge in [-0.05, 0) is 67.7 Å². The summed E-state index contributed by atoms with van der Waals surface area (Å²) in [5, 5.41) is 0. The summed E-state index contributed by atoms with van der Waals surface area (Å²) in [5.74, 6) is -1.25. The Hall–Kier alpha value is -2.34. The molecule has 1 aliphatic rings. The van der Waals surface area contributed by atoms with Gasteiger partial charge in [0.25, 0.3) is 0 Å². The number of allylic oxidation sites excluding steroid dienone is 1. The second-order valence-corrected chi connectivity index (χ2v) is 9.09. The first-order chi connectivity index (χ1) is 16.3. The third-order valence-corrected chi connectivity index (χ3v) is 6.46. The van der Waals surface area contributed by atoms with Crippen molar-refractivity contribution in [2.75, 3.05) is 6.61 Å². The minimum absolute atomic E-state index is 0.0656. The van der Waals surface area contributed by atoms with Gasteiger partial charge in [-0.2, -0.15) is 8.78 Å². The second kappa shape index (κ2) is 12.4. The van der Waals surface area contributed by atoms with Gasteiger partial charge in [-0.25, -0.2) is 8.78 Å². The molecule has 2 nitrogen and oxygen atoms in total. The summed E-state index contributed by atoms with van der Waals surface area (Å²) in [7, 11) is 0. The van der Waals surface area contributed by atoms with Gasteiger partial charge in [-0.1, -0.05) is 56.5 Å². The fourth-order valence-corrected chi connectivity index (χ4v) is 4.46. The first kappa shape index (κ1) is 26.3. The molecule has 0 amide bonds. The molecule has 1 aliphatic carbocycles. The quantitative estimate of drug-likeness (QED) is 0.225. The molecule has 1 fully saturated rings. The number of aryl methyl sites for hydroxylation is 1. The van der Waals surface area contributed by atoms with E-state index in [2.05, 4.69) is 13.5 Å². The van der Waals surface area contributed by atoms with Gasteiger partial charge in [0.2, 0.25) is 0 Å². The molecule has 2 aromatic rings. The minimum Gasteiger partial charge on any atom is -0.431 e. The highest BCUT2D eigenvalue weighted by Gasteiger charge is 2.34. The van der Waals surface area contributed by atoms with Gasteiger partial charge < -0.3 is 9.47 Å². The molecule has 3 rings (SSSR count). The molecule has 0 atom stereocenters. The van der Waals surface area contributed by atoms with Crippen molar-refractivity contribution >= 4 is 0 Å². The van der Waals surface area contributed by atoms with Gasteiger partial charge in [0.15, 0.2) is 18.2 Å². The van der Waals surface area contributed by atoms with Crippen molar-refractivity contribution in [3.05, 3.63) is 66.3 Å². The largest absolute Gasteiger partial charge is 0.431 e. The van der Waals surface area contributed by atoms with Crippen LogP contribution in [-0.4, -0.2) is 18.8 Å². The molecule has 0 heterocycles. The van der Waals surface area contributed by atoms with E-state index in [1.807, 2.05) is 0 Å². The summed E-state index contributed by atoms with van der Waals surface area (Å²) in [6.45, 7) is 4.94. The Kier molecular flexibility index (Phi) is 9.57. The zero-order valence-corrected chi connectivity index (χ0v) is 19.8. The van der Waals surface area contributed by atoms with Crippen molar-refractivity contribution < 1.29 is 27.0 Å². The number of ether oxygens (including phenoxy) is 2. The average Bonchev–Trinajstić information content (AvgIpc) is 2.83. The molecule has 0 saturated heterocycles. The SMILES string of the molecule is C=CCCc1ccc(-c2ccc(OC(F)(F)COC3CCC(CCCC)CC3)cc2)c(F)c1F. The van der Waals surface area contributed by atoms with Crippen molar-refractivity contribution in [2.45, 2.75) is 76.9 Å². The fourth-order valence-electron chi connectivity index (χ4n) is 4.46. The molecule has 1 saturated carbocycles. The average molecular weight is 479 g/mol. The molecule has 0 aromatic heterocycles. The van der Waals surface area contributed by atoms with Crippen LogP contribution >= 0.6 is 0 Å². The molecular weight excluding hydrogens is 444 g/mol. The van der Waals surface area contributed by atoms with E-state index >= 15 is 0 Å². The van der Waals surface area contributed by atoms with E-state index < -0.39 is 24.3 Å². The standard InChI is InChI=1S/C28H34F4O2/c1-3-5-7-20-9-14-23(15-10-20)33-19-28(31,32)34-24-16-11-21(12-17-24)25-18-13-22(8-6-4-2)26(29)27(25)30/h4,11-13,16-18,20,23H,2-3,5-10,14-15,19H2,1H3. The molecule has 0 aliphatic heterocycles. The highest BCUT2D eigenvalue weighted by molar-refractivity contribution is 5.65. The summed E-state index contributed by atoms with van der Waals surface area (Å²) < 4.78 is 67.8. The van der Waals surface area contributed by atoms with Crippen molar-refractivity contribution in [3.63, 3.8) is 0 Å². The van der Waals surface area contributed by atoms with Gasteiger partial charge in [-0.15, -0.1) is 6.58 Å². The van der Waals surface area contributed by atoms with Crippen LogP contribution in [0.15, 0.2) is 49.1 Å². The van der Waals surface area contributed by atoms with E-state index in [1.165, 1.54) is 55.7 Å². The van der Waals surface area contributed by atoms with E-state index in [4.69, 9.17) is 9.47 Å². The predicted octanol–water partition coefficient (Wildman–Crippen LogP) is 8.49. The fraction of sp³-hybridized carbons (Fsp3) is 0.500. The first-order valence-corrected chi connectivity index (χ1v) is 12.2. The number of hydrogen-bond acceptors (Lipinski definition) is 2. The normalized spacial score (nSPS) is 18.6. The molecule has 34 heavy (non-hydrogen) atoms. The van der Waals surface area contributed by atoms with Crippen molar-refractivity contribution in [1.29, 1.82) is 0 Å². The topological polar surface area (TPSA) is 18.5 Å².